The summed E-state index contributed by atoms with van der Waals surface area (Å²) < 4.78 is 11.6. The normalized spacial score (nSPS) is 29.2. The second-order valence-electron chi connectivity index (χ2n) is 10.7. The minimum atomic E-state index is -1.18. The van der Waals surface area contributed by atoms with Crippen molar-refractivity contribution in [3.63, 3.8) is 0 Å². The van der Waals surface area contributed by atoms with Gasteiger partial charge in [-0.25, -0.2) is 0 Å². The molecule has 6 rings (SSSR count). The lowest BCUT2D eigenvalue weighted by Crippen LogP contribution is -2.46. The molecule has 2 amide bonds. The number of amides is 2. The standard InChI is InChI=1S/C28H32BNO6/c1-35-15-16-13-22-25(28(33)30(27(22)32)17-7-3-2-4-8-17)21-14-24(36-29(34)26(16)21)20-11-12-23(31)19-10-6-5-9-18(19)20/h5-6,9-12,17,21-22,24-25,31,34H,2-4,7-8,13-15H2,1H3/t21-,22-,24-,25+/m0/s1. The van der Waals surface area contributed by atoms with Crippen molar-refractivity contribution in [2.24, 2.45) is 17.8 Å². The van der Waals surface area contributed by atoms with Crippen molar-refractivity contribution in [2.45, 2.75) is 57.1 Å². The smallest absolute Gasteiger partial charge is 0.487 e. The lowest BCUT2D eigenvalue weighted by molar-refractivity contribution is -0.143. The lowest BCUT2D eigenvalue weighted by Gasteiger charge is -2.42. The number of likely N-dealkylation sites (tertiary alicyclic amines) is 1. The molecule has 36 heavy (non-hydrogen) atoms. The van der Waals surface area contributed by atoms with E-state index in [-0.39, 0.29) is 29.5 Å². The summed E-state index contributed by atoms with van der Waals surface area (Å²) in [6.45, 7) is 0.299. The van der Waals surface area contributed by atoms with Crippen molar-refractivity contribution >= 4 is 29.7 Å². The molecule has 7 nitrogen and oxygen atoms in total. The van der Waals surface area contributed by atoms with Crippen LogP contribution in [-0.4, -0.2) is 53.7 Å². The maximum absolute atomic E-state index is 13.9. The van der Waals surface area contributed by atoms with Crippen molar-refractivity contribution in [1.29, 1.82) is 0 Å². The number of aromatic hydroxyl groups is 1. The van der Waals surface area contributed by atoms with Crippen LogP contribution < -0.4 is 0 Å². The fraction of sp³-hybridized carbons (Fsp3) is 0.500. The molecule has 2 aromatic carbocycles. The summed E-state index contributed by atoms with van der Waals surface area (Å²) in [5.41, 5.74) is 2.44. The number of phenolic OH excluding ortho intramolecular Hbond substituents is 1. The van der Waals surface area contributed by atoms with Crippen LogP contribution in [0.5, 0.6) is 5.75 Å². The number of rotatable bonds is 4. The number of imide groups is 1. The Hall–Kier alpha value is -2.68. The van der Waals surface area contributed by atoms with Crippen molar-refractivity contribution in [3.8, 4) is 5.75 Å². The van der Waals surface area contributed by atoms with Crippen molar-refractivity contribution in [3.05, 3.63) is 53.0 Å². The lowest BCUT2D eigenvalue weighted by atomic mass is 9.55. The van der Waals surface area contributed by atoms with Crippen LogP contribution in [0, 0.1) is 17.8 Å². The highest BCUT2D eigenvalue weighted by molar-refractivity contribution is 6.53. The average molecular weight is 489 g/mol. The molecule has 2 aliphatic carbocycles. The molecule has 4 aliphatic rings. The number of allylic oxidation sites excluding steroid dienone is 1. The first-order valence-corrected chi connectivity index (χ1v) is 13.1. The second kappa shape index (κ2) is 9.32. The number of carbonyl (C=O) groups is 2. The zero-order chi connectivity index (χ0) is 25.0. The molecule has 2 saturated heterocycles. The molecule has 2 aromatic rings. The predicted octanol–water partition coefficient (Wildman–Crippen LogP) is 3.92. The van der Waals surface area contributed by atoms with Gasteiger partial charge in [0.25, 0.3) is 0 Å². The number of fused-ring (bicyclic) bond motifs is 4. The highest BCUT2D eigenvalue weighted by atomic mass is 16.5. The number of carbonyl (C=O) groups excluding carboxylic acids is 2. The molecule has 0 bridgehead atoms. The van der Waals surface area contributed by atoms with Crippen LogP contribution in [0.2, 0.25) is 0 Å². The Morgan fingerprint density at radius 3 is 2.53 bits per heavy atom. The second-order valence-corrected chi connectivity index (χ2v) is 10.7. The third kappa shape index (κ3) is 3.69. The maximum Gasteiger partial charge on any atom is 0.487 e. The Morgan fingerprint density at radius 1 is 1.03 bits per heavy atom. The predicted molar refractivity (Wildman–Crippen MR) is 135 cm³/mol. The number of methoxy groups -OCH3 is 1. The first-order valence-electron chi connectivity index (χ1n) is 13.1. The van der Waals surface area contributed by atoms with Crippen LogP contribution >= 0.6 is 0 Å². The third-order valence-electron chi connectivity index (χ3n) is 8.79. The topological polar surface area (TPSA) is 96.3 Å². The molecule has 188 valence electrons. The Balaban J connectivity index is 1.40. The molecule has 0 radical (unpaired) electrons. The molecule has 4 atom stereocenters. The monoisotopic (exact) mass is 489 g/mol. The molecule has 1 saturated carbocycles. The largest absolute Gasteiger partial charge is 0.507 e. The summed E-state index contributed by atoms with van der Waals surface area (Å²) in [7, 11) is 0.422. The Bertz CT molecular complexity index is 1240. The van der Waals surface area contributed by atoms with E-state index in [1.807, 2.05) is 30.3 Å². The van der Waals surface area contributed by atoms with Gasteiger partial charge in [0.15, 0.2) is 0 Å². The first kappa shape index (κ1) is 23.7. The van der Waals surface area contributed by atoms with E-state index < -0.39 is 25.1 Å². The van der Waals surface area contributed by atoms with E-state index >= 15 is 0 Å². The molecular formula is C28H32BNO6. The highest BCUT2D eigenvalue weighted by Gasteiger charge is 2.58. The molecule has 8 heteroatoms. The summed E-state index contributed by atoms with van der Waals surface area (Å²) >= 11 is 0. The van der Waals surface area contributed by atoms with Gasteiger partial charge in [-0.05, 0) is 59.7 Å². The van der Waals surface area contributed by atoms with E-state index in [1.54, 1.807) is 18.1 Å². The SMILES string of the molecule is COCC1=C2B(O)O[C@H](c3ccc(O)c4ccccc34)C[C@H]2[C@H]2C(=O)N(C3CCCCC3)C(=O)[C@H]2C1. The van der Waals surface area contributed by atoms with Gasteiger partial charge in [0.2, 0.25) is 11.8 Å². The minimum Gasteiger partial charge on any atom is -0.507 e. The maximum atomic E-state index is 13.9. The summed E-state index contributed by atoms with van der Waals surface area (Å²) in [6.07, 6.45) is 5.41. The van der Waals surface area contributed by atoms with Gasteiger partial charge in [-0.2, -0.15) is 0 Å². The number of nitrogens with zero attached hydrogens (tertiary/aromatic N) is 1. The number of phenols is 1. The average Bonchev–Trinajstić information content (AvgIpc) is 3.14. The van der Waals surface area contributed by atoms with E-state index in [9.17, 15) is 19.7 Å². The van der Waals surface area contributed by atoms with Gasteiger partial charge in [0.05, 0.1) is 24.5 Å². The van der Waals surface area contributed by atoms with Crippen molar-refractivity contribution in [1.82, 2.24) is 4.90 Å². The molecule has 0 aromatic heterocycles. The molecule has 3 fully saturated rings. The van der Waals surface area contributed by atoms with E-state index in [0.717, 1.165) is 48.6 Å². The molecule has 2 heterocycles. The van der Waals surface area contributed by atoms with Crippen LogP contribution in [0.25, 0.3) is 10.8 Å². The van der Waals surface area contributed by atoms with Gasteiger partial charge in [0.1, 0.15) is 5.75 Å². The quantitative estimate of drug-likeness (QED) is 0.499. The summed E-state index contributed by atoms with van der Waals surface area (Å²) in [6, 6.07) is 11.0. The first-order chi connectivity index (χ1) is 17.5. The summed E-state index contributed by atoms with van der Waals surface area (Å²) in [4.78, 5) is 29.1. The Kier molecular flexibility index (Phi) is 6.14. The third-order valence-corrected chi connectivity index (χ3v) is 8.79. The fourth-order valence-electron chi connectivity index (χ4n) is 7.23. The molecule has 0 spiro atoms. The van der Waals surface area contributed by atoms with Gasteiger partial charge in [0, 0.05) is 18.5 Å². The van der Waals surface area contributed by atoms with Crippen LogP contribution in [0.1, 0.15) is 56.6 Å². The van der Waals surface area contributed by atoms with E-state index in [2.05, 4.69) is 0 Å². The van der Waals surface area contributed by atoms with E-state index in [1.165, 1.54) is 0 Å². The number of hydrogen-bond acceptors (Lipinski definition) is 6. The van der Waals surface area contributed by atoms with Gasteiger partial charge in [-0.3, -0.25) is 14.5 Å². The van der Waals surface area contributed by atoms with Crippen LogP contribution in [0.3, 0.4) is 0 Å². The molecule has 0 unspecified atom stereocenters. The summed E-state index contributed by atoms with van der Waals surface area (Å²) in [5, 5.41) is 23.2. The fourth-order valence-corrected chi connectivity index (χ4v) is 7.23. The van der Waals surface area contributed by atoms with Crippen LogP contribution in [0.4, 0.5) is 0 Å². The van der Waals surface area contributed by atoms with Gasteiger partial charge in [-0.1, -0.05) is 49.6 Å². The number of hydrogen-bond donors (Lipinski definition) is 2. The Morgan fingerprint density at radius 2 is 1.78 bits per heavy atom. The van der Waals surface area contributed by atoms with Crippen LogP contribution in [-0.2, 0) is 19.0 Å². The number of ether oxygens (including phenoxy) is 1. The van der Waals surface area contributed by atoms with E-state index in [4.69, 9.17) is 9.39 Å². The minimum absolute atomic E-state index is 0.0136. The molecule has 2 aliphatic heterocycles. The van der Waals surface area contributed by atoms with Crippen molar-refractivity contribution in [2.75, 3.05) is 13.7 Å². The van der Waals surface area contributed by atoms with Gasteiger partial charge < -0.3 is 19.5 Å². The van der Waals surface area contributed by atoms with Crippen LogP contribution in [0.15, 0.2) is 47.4 Å². The van der Waals surface area contributed by atoms with Crippen molar-refractivity contribution < 1.29 is 29.1 Å². The van der Waals surface area contributed by atoms with Gasteiger partial charge in [-0.15, -0.1) is 0 Å². The Labute approximate surface area is 211 Å². The van der Waals surface area contributed by atoms with E-state index in [0.29, 0.717) is 30.3 Å². The van der Waals surface area contributed by atoms with Gasteiger partial charge >= 0.3 is 7.12 Å². The highest BCUT2D eigenvalue weighted by Crippen LogP contribution is 2.52. The molecular weight excluding hydrogens is 457 g/mol. The molecule has 2 N–H and O–H groups in total. The number of benzene rings is 2. The summed E-state index contributed by atoms with van der Waals surface area (Å²) in [5.74, 6) is -1.16. The zero-order valence-corrected chi connectivity index (χ0v) is 20.6. The zero-order valence-electron chi connectivity index (χ0n) is 20.6.